The molecule has 0 saturated carbocycles. The average Bonchev–Trinajstić information content (AvgIpc) is 2.86. The van der Waals surface area contributed by atoms with Crippen LogP contribution in [0.25, 0.3) is 5.57 Å². The van der Waals surface area contributed by atoms with Gasteiger partial charge in [0, 0.05) is 6.04 Å². The van der Waals surface area contributed by atoms with Crippen LogP contribution in [0, 0.1) is 0 Å². The predicted octanol–water partition coefficient (Wildman–Crippen LogP) is 2.88. The van der Waals surface area contributed by atoms with Crippen LogP contribution >= 0.6 is 0 Å². The van der Waals surface area contributed by atoms with Gasteiger partial charge in [-0.05, 0) is 60.4 Å². The molecule has 2 atom stereocenters. The van der Waals surface area contributed by atoms with Crippen LogP contribution in [-0.4, -0.2) is 25.8 Å². The molecule has 1 aliphatic carbocycles. The summed E-state index contributed by atoms with van der Waals surface area (Å²) in [5.41, 5.74) is 6.08. The minimum Gasteiger partial charge on any atom is -0.377 e. The highest BCUT2D eigenvalue weighted by Gasteiger charge is 2.34. The lowest BCUT2D eigenvalue weighted by Crippen LogP contribution is -2.37. The van der Waals surface area contributed by atoms with Crippen LogP contribution in [0.1, 0.15) is 41.9 Å². The lowest BCUT2D eigenvalue weighted by atomic mass is 9.88. The van der Waals surface area contributed by atoms with Crippen molar-refractivity contribution in [3.8, 4) is 0 Å². The van der Waals surface area contributed by atoms with Crippen molar-refractivity contribution in [3.63, 3.8) is 0 Å². The molecule has 2 unspecified atom stereocenters. The predicted molar refractivity (Wildman–Crippen MR) is 77.3 cm³/mol. The van der Waals surface area contributed by atoms with Gasteiger partial charge in [-0.1, -0.05) is 24.3 Å². The van der Waals surface area contributed by atoms with Gasteiger partial charge >= 0.3 is 0 Å². The normalized spacial score (nSPS) is 29.6. The zero-order valence-corrected chi connectivity index (χ0v) is 11.3. The third-order valence-electron chi connectivity index (χ3n) is 4.90. The molecule has 2 heterocycles. The van der Waals surface area contributed by atoms with Crippen molar-refractivity contribution in [3.05, 3.63) is 41.0 Å². The molecule has 2 heteroatoms. The number of rotatable bonds is 1. The Hall–Kier alpha value is -1.12. The average molecular weight is 255 g/mol. The number of ether oxygens (including phenoxy) is 1. The molecule has 100 valence electrons. The largest absolute Gasteiger partial charge is 0.377 e. The highest BCUT2D eigenvalue weighted by molar-refractivity contribution is 5.68. The molecule has 19 heavy (non-hydrogen) atoms. The van der Waals surface area contributed by atoms with Crippen LogP contribution in [0.2, 0.25) is 0 Å². The molecule has 2 aliphatic heterocycles. The maximum atomic E-state index is 5.41. The monoisotopic (exact) mass is 255 g/mol. The van der Waals surface area contributed by atoms with E-state index in [4.69, 9.17) is 4.74 Å². The van der Waals surface area contributed by atoms with Gasteiger partial charge in [-0.3, -0.25) is 0 Å². The Bertz CT molecular complexity index is 520. The van der Waals surface area contributed by atoms with Crippen LogP contribution in [0.15, 0.2) is 24.3 Å². The minimum absolute atomic E-state index is 0.697. The Labute approximate surface area is 114 Å². The van der Waals surface area contributed by atoms with E-state index >= 15 is 0 Å². The van der Waals surface area contributed by atoms with E-state index in [9.17, 15) is 0 Å². The van der Waals surface area contributed by atoms with Gasteiger partial charge in [0.05, 0.1) is 13.2 Å². The van der Waals surface area contributed by atoms with Gasteiger partial charge in [-0.2, -0.15) is 0 Å². The maximum Gasteiger partial charge on any atom is 0.0653 e. The van der Waals surface area contributed by atoms with Gasteiger partial charge in [0.2, 0.25) is 0 Å². The number of nitrogens with one attached hydrogen (secondary N) is 1. The second-order valence-electron chi connectivity index (χ2n) is 5.98. The fourth-order valence-corrected chi connectivity index (χ4v) is 3.89. The van der Waals surface area contributed by atoms with Crippen LogP contribution in [-0.2, 0) is 11.2 Å². The molecular weight excluding hydrogens is 234 g/mol. The smallest absolute Gasteiger partial charge is 0.0653 e. The SMILES string of the molecule is C1=C(c2ccc3c(c2)C2CCCNC2C3)CCOC1. The van der Waals surface area contributed by atoms with Gasteiger partial charge in [-0.25, -0.2) is 0 Å². The topological polar surface area (TPSA) is 21.3 Å². The molecular formula is C17H21NO. The maximum absolute atomic E-state index is 5.41. The van der Waals surface area contributed by atoms with Crippen molar-refractivity contribution >= 4 is 5.57 Å². The Balaban J connectivity index is 1.69. The first-order valence-electron chi connectivity index (χ1n) is 7.55. The molecule has 1 fully saturated rings. The summed E-state index contributed by atoms with van der Waals surface area (Å²) in [6.45, 7) is 2.85. The zero-order chi connectivity index (χ0) is 12.7. The highest BCUT2D eigenvalue weighted by atomic mass is 16.5. The van der Waals surface area contributed by atoms with Crippen LogP contribution in [0.4, 0.5) is 0 Å². The summed E-state index contributed by atoms with van der Waals surface area (Å²) in [6.07, 6.45) is 7.21. The van der Waals surface area contributed by atoms with E-state index in [1.54, 1.807) is 11.1 Å². The molecule has 0 radical (unpaired) electrons. The lowest BCUT2D eigenvalue weighted by molar-refractivity contribution is 0.161. The van der Waals surface area contributed by atoms with Crippen LogP contribution < -0.4 is 5.32 Å². The van der Waals surface area contributed by atoms with Gasteiger partial charge in [0.15, 0.2) is 0 Å². The zero-order valence-electron chi connectivity index (χ0n) is 11.3. The van der Waals surface area contributed by atoms with Crippen molar-refractivity contribution < 1.29 is 4.74 Å². The minimum atomic E-state index is 0.697. The second kappa shape index (κ2) is 4.77. The van der Waals surface area contributed by atoms with Crippen molar-refractivity contribution in [2.24, 2.45) is 0 Å². The van der Waals surface area contributed by atoms with Gasteiger partial charge < -0.3 is 10.1 Å². The summed E-state index contributed by atoms with van der Waals surface area (Å²) in [5, 5.41) is 3.69. The highest BCUT2D eigenvalue weighted by Crippen LogP contribution is 2.40. The Morgan fingerprint density at radius 2 is 2.26 bits per heavy atom. The van der Waals surface area contributed by atoms with Gasteiger partial charge in [0.25, 0.3) is 0 Å². The first kappa shape index (κ1) is 11.7. The van der Waals surface area contributed by atoms with Crippen LogP contribution in [0.3, 0.4) is 0 Å². The molecule has 1 saturated heterocycles. The molecule has 0 spiro atoms. The number of fused-ring (bicyclic) bond motifs is 3. The quantitative estimate of drug-likeness (QED) is 0.833. The molecule has 2 nitrogen and oxygen atoms in total. The molecule has 1 N–H and O–H groups in total. The van der Waals surface area contributed by atoms with E-state index in [2.05, 4.69) is 29.6 Å². The molecule has 1 aromatic carbocycles. The van der Waals surface area contributed by atoms with Crippen LogP contribution in [0.5, 0.6) is 0 Å². The van der Waals surface area contributed by atoms with E-state index in [-0.39, 0.29) is 0 Å². The van der Waals surface area contributed by atoms with E-state index in [0.717, 1.165) is 25.6 Å². The van der Waals surface area contributed by atoms with E-state index < -0.39 is 0 Å². The first-order chi connectivity index (χ1) is 9.42. The van der Waals surface area contributed by atoms with Crippen molar-refractivity contribution in [1.29, 1.82) is 0 Å². The summed E-state index contributed by atoms with van der Waals surface area (Å²) < 4.78 is 5.41. The summed E-state index contributed by atoms with van der Waals surface area (Å²) in [5.74, 6) is 0.754. The summed E-state index contributed by atoms with van der Waals surface area (Å²) >= 11 is 0. The van der Waals surface area contributed by atoms with Crippen molar-refractivity contribution in [2.45, 2.75) is 37.6 Å². The summed E-state index contributed by atoms with van der Waals surface area (Å²) in [4.78, 5) is 0. The lowest BCUT2D eigenvalue weighted by Gasteiger charge is -2.27. The van der Waals surface area contributed by atoms with E-state index in [1.807, 2.05) is 0 Å². The number of hydrogen-bond acceptors (Lipinski definition) is 2. The standard InChI is InChI=1S/C17H21NO/c1-2-15-16-10-13(12-5-8-19-9-6-12)3-4-14(16)11-17(15)18-7-1/h3-5,10,15,17-18H,1-2,6-9,11H2. The van der Waals surface area contributed by atoms with Crippen molar-refractivity contribution in [2.75, 3.05) is 19.8 Å². The number of piperidine rings is 1. The Morgan fingerprint density at radius 1 is 1.26 bits per heavy atom. The third kappa shape index (κ3) is 2.03. The fourth-order valence-electron chi connectivity index (χ4n) is 3.89. The number of hydrogen-bond donors (Lipinski definition) is 1. The van der Waals surface area contributed by atoms with E-state index in [1.165, 1.54) is 36.9 Å². The third-order valence-corrected chi connectivity index (χ3v) is 4.90. The molecule has 0 amide bonds. The Morgan fingerprint density at radius 3 is 3.16 bits per heavy atom. The van der Waals surface area contributed by atoms with Gasteiger partial charge in [0.1, 0.15) is 0 Å². The molecule has 1 aromatic rings. The molecule has 0 aromatic heterocycles. The fraction of sp³-hybridized carbons (Fsp3) is 0.529. The van der Waals surface area contributed by atoms with Gasteiger partial charge in [-0.15, -0.1) is 0 Å². The first-order valence-corrected chi connectivity index (χ1v) is 7.55. The summed E-state index contributed by atoms with van der Waals surface area (Å²) in [7, 11) is 0. The molecule has 4 rings (SSSR count). The Kier molecular flexibility index (Phi) is 2.93. The second-order valence-corrected chi connectivity index (χ2v) is 5.98. The van der Waals surface area contributed by atoms with E-state index in [0.29, 0.717) is 6.04 Å². The van der Waals surface area contributed by atoms with Crippen molar-refractivity contribution in [1.82, 2.24) is 5.32 Å². The molecule has 3 aliphatic rings. The molecule has 0 bridgehead atoms. The number of benzene rings is 1. The summed E-state index contributed by atoms with van der Waals surface area (Å²) in [6, 6.07) is 7.83.